The summed E-state index contributed by atoms with van der Waals surface area (Å²) in [6.45, 7) is 4.29. The van der Waals surface area contributed by atoms with Crippen molar-refractivity contribution in [1.29, 1.82) is 0 Å². The minimum atomic E-state index is 0.0476. The second-order valence-electron chi connectivity index (χ2n) is 6.03. The number of nitrogens with two attached hydrogens (primary N) is 1. The third-order valence-corrected chi connectivity index (χ3v) is 5.12. The molecule has 1 unspecified atom stereocenters. The van der Waals surface area contributed by atoms with Crippen LogP contribution in [0.2, 0.25) is 0 Å². The van der Waals surface area contributed by atoms with Crippen LogP contribution in [-0.4, -0.2) is 4.98 Å². The summed E-state index contributed by atoms with van der Waals surface area (Å²) in [5.74, 6) is 0.428. The summed E-state index contributed by atoms with van der Waals surface area (Å²) >= 11 is 1.68. The fraction of sp³-hybridized carbons (Fsp3) is 0.471. The zero-order chi connectivity index (χ0) is 14.1. The van der Waals surface area contributed by atoms with Gasteiger partial charge < -0.3 is 5.73 Å². The van der Waals surface area contributed by atoms with Gasteiger partial charge in [-0.2, -0.15) is 0 Å². The Hall–Kier alpha value is -1.19. The van der Waals surface area contributed by atoms with Crippen LogP contribution in [0, 0.1) is 5.92 Å². The molecule has 0 radical (unpaired) electrons. The Morgan fingerprint density at radius 1 is 1.15 bits per heavy atom. The Labute approximate surface area is 125 Å². The first-order valence-corrected chi connectivity index (χ1v) is 8.36. The molecule has 2 N–H and O–H groups in total. The Balaban J connectivity index is 1.89. The SMILES string of the molecule is CC(C)C(N)c1nc(-c2ccc3c(c2)CCCC3)cs1. The van der Waals surface area contributed by atoms with Gasteiger partial charge in [-0.05, 0) is 48.8 Å². The van der Waals surface area contributed by atoms with E-state index in [4.69, 9.17) is 10.7 Å². The summed E-state index contributed by atoms with van der Waals surface area (Å²) in [5, 5.41) is 3.19. The molecule has 0 bridgehead atoms. The molecule has 0 fully saturated rings. The number of aryl methyl sites for hydroxylation is 2. The molecule has 3 rings (SSSR count). The molecule has 0 spiro atoms. The molecule has 0 aliphatic heterocycles. The van der Waals surface area contributed by atoms with Crippen LogP contribution in [0.25, 0.3) is 11.3 Å². The first-order chi connectivity index (χ1) is 9.65. The van der Waals surface area contributed by atoms with Gasteiger partial charge in [-0.1, -0.05) is 26.0 Å². The lowest BCUT2D eigenvalue weighted by atomic mass is 9.90. The molecule has 0 saturated carbocycles. The molecule has 3 heteroatoms. The van der Waals surface area contributed by atoms with Gasteiger partial charge in [0.1, 0.15) is 5.01 Å². The zero-order valence-corrected chi connectivity index (χ0v) is 13.0. The lowest BCUT2D eigenvalue weighted by Crippen LogP contribution is -2.16. The van der Waals surface area contributed by atoms with E-state index >= 15 is 0 Å². The second-order valence-corrected chi connectivity index (χ2v) is 6.92. The first-order valence-electron chi connectivity index (χ1n) is 7.48. The van der Waals surface area contributed by atoms with Crippen molar-refractivity contribution < 1.29 is 0 Å². The van der Waals surface area contributed by atoms with Gasteiger partial charge in [-0.25, -0.2) is 4.98 Å². The summed E-state index contributed by atoms with van der Waals surface area (Å²) < 4.78 is 0. The fourth-order valence-corrected chi connectivity index (χ4v) is 3.75. The van der Waals surface area contributed by atoms with Crippen LogP contribution >= 0.6 is 11.3 Å². The van der Waals surface area contributed by atoms with Gasteiger partial charge in [0.15, 0.2) is 0 Å². The van der Waals surface area contributed by atoms with E-state index in [2.05, 4.69) is 37.4 Å². The Morgan fingerprint density at radius 2 is 1.90 bits per heavy atom. The molecule has 2 nitrogen and oxygen atoms in total. The fourth-order valence-electron chi connectivity index (χ4n) is 2.75. The Morgan fingerprint density at radius 3 is 2.65 bits per heavy atom. The van der Waals surface area contributed by atoms with E-state index in [0.717, 1.165) is 10.7 Å². The van der Waals surface area contributed by atoms with Gasteiger partial charge in [-0.15, -0.1) is 11.3 Å². The van der Waals surface area contributed by atoms with Crippen LogP contribution in [0.1, 0.15) is 48.9 Å². The number of thiazole rings is 1. The van der Waals surface area contributed by atoms with Crippen LogP contribution in [-0.2, 0) is 12.8 Å². The topological polar surface area (TPSA) is 38.9 Å². The van der Waals surface area contributed by atoms with Gasteiger partial charge in [0.05, 0.1) is 11.7 Å². The largest absolute Gasteiger partial charge is 0.322 e. The lowest BCUT2D eigenvalue weighted by Gasteiger charge is -2.16. The molecule has 1 aromatic heterocycles. The van der Waals surface area contributed by atoms with Crippen molar-refractivity contribution in [3.63, 3.8) is 0 Å². The van der Waals surface area contributed by atoms with E-state index in [1.807, 2.05) is 0 Å². The van der Waals surface area contributed by atoms with E-state index in [0.29, 0.717) is 5.92 Å². The minimum Gasteiger partial charge on any atom is -0.322 e. The minimum absolute atomic E-state index is 0.0476. The normalized spacial score (nSPS) is 16.2. The quantitative estimate of drug-likeness (QED) is 0.911. The number of nitrogens with zero attached hydrogens (tertiary/aromatic N) is 1. The maximum Gasteiger partial charge on any atom is 0.110 e. The van der Waals surface area contributed by atoms with Crippen molar-refractivity contribution in [1.82, 2.24) is 4.98 Å². The molecule has 0 amide bonds. The zero-order valence-electron chi connectivity index (χ0n) is 12.2. The predicted molar refractivity (Wildman–Crippen MR) is 86.0 cm³/mol. The van der Waals surface area contributed by atoms with Crippen LogP contribution in [0.15, 0.2) is 23.6 Å². The van der Waals surface area contributed by atoms with Crippen molar-refractivity contribution in [2.45, 2.75) is 45.6 Å². The van der Waals surface area contributed by atoms with Gasteiger partial charge in [0, 0.05) is 10.9 Å². The van der Waals surface area contributed by atoms with E-state index < -0.39 is 0 Å². The van der Waals surface area contributed by atoms with Crippen LogP contribution in [0.3, 0.4) is 0 Å². The van der Waals surface area contributed by atoms with Crippen LogP contribution in [0.5, 0.6) is 0 Å². The average Bonchev–Trinajstić information content (AvgIpc) is 2.95. The van der Waals surface area contributed by atoms with E-state index in [1.54, 1.807) is 11.3 Å². The van der Waals surface area contributed by atoms with Gasteiger partial charge >= 0.3 is 0 Å². The third kappa shape index (κ3) is 2.65. The van der Waals surface area contributed by atoms with E-state index in [-0.39, 0.29) is 6.04 Å². The molecule has 0 saturated heterocycles. The predicted octanol–water partition coefficient (Wildman–Crippen LogP) is 4.34. The number of fused-ring (bicyclic) bond motifs is 1. The average molecular weight is 286 g/mol. The van der Waals surface area contributed by atoms with E-state index in [9.17, 15) is 0 Å². The summed E-state index contributed by atoms with van der Waals surface area (Å²) in [6.07, 6.45) is 5.09. The van der Waals surface area contributed by atoms with Crippen molar-refractivity contribution in [3.8, 4) is 11.3 Å². The summed E-state index contributed by atoms with van der Waals surface area (Å²) in [5.41, 5.74) is 11.5. The maximum atomic E-state index is 6.19. The van der Waals surface area contributed by atoms with E-state index in [1.165, 1.54) is 42.4 Å². The molecule has 20 heavy (non-hydrogen) atoms. The Kier molecular flexibility index (Phi) is 3.90. The standard InChI is InChI=1S/C17H22N2S/c1-11(2)16(18)17-19-15(10-20-17)14-8-7-12-5-3-4-6-13(12)9-14/h7-11,16H,3-6,18H2,1-2H3. The number of hydrogen-bond acceptors (Lipinski definition) is 3. The molecular weight excluding hydrogens is 264 g/mol. The highest BCUT2D eigenvalue weighted by Crippen LogP contribution is 2.30. The van der Waals surface area contributed by atoms with Gasteiger partial charge in [0.25, 0.3) is 0 Å². The van der Waals surface area contributed by atoms with Gasteiger partial charge in [-0.3, -0.25) is 0 Å². The second kappa shape index (κ2) is 5.66. The van der Waals surface area contributed by atoms with Gasteiger partial charge in [0.2, 0.25) is 0 Å². The molecule has 1 aliphatic carbocycles. The Bertz CT molecular complexity index is 601. The molecule has 1 heterocycles. The van der Waals surface area contributed by atoms with Crippen LogP contribution in [0.4, 0.5) is 0 Å². The molecule has 2 aromatic rings. The van der Waals surface area contributed by atoms with Crippen molar-refractivity contribution in [3.05, 3.63) is 39.7 Å². The third-order valence-electron chi connectivity index (χ3n) is 4.17. The molecule has 106 valence electrons. The number of rotatable bonds is 3. The highest BCUT2D eigenvalue weighted by atomic mass is 32.1. The number of benzene rings is 1. The summed E-state index contributed by atoms with van der Waals surface area (Å²) in [7, 11) is 0. The van der Waals surface area contributed by atoms with Crippen LogP contribution < -0.4 is 5.73 Å². The van der Waals surface area contributed by atoms with Crippen molar-refractivity contribution in [2.75, 3.05) is 0 Å². The summed E-state index contributed by atoms with van der Waals surface area (Å²) in [4.78, 5) is 4.74. The highest BCUT2D eigenvalue weighted by molar-refractivity contribution is 7.10. The number of hydrogen-bond donors (Lipinski definition) is 1. The molecule has 1 aromatic carbocycles. The molecule has 1 aliphatic rings. The van der Waals surface area contributed by atoms with Crippen molar-refractivity contribution in [2.24, 2.45) is 11.7 Å². The van der Waals surface area contributed by atoms with Crippen molar-refractivity contribution >= 4 is 11.3 Å². The highest BCUT2D eigenvalue weighted by Gasteiger charge is 2.16. The monoisotopic (exact) mass is 286 g/mol. The lowest BCUT2D eigenvalue weighted by molar-refractivity contribution is 0.512. The molecular formula is C17H22N2S. The molecule has 1 atom stereocenters. The summed E-state index contributed by atoms with van der Waals surface area (Å²) in [6, 6.07) is 6.87. The number of aromatic nitrogens is 1. The maximum absolute atomic E-state index is 6.19. The smallest absolute Gasteiger partial charge is 0.110 e. The first kappa shape index (κ1) is 13.8.